The molecule has 2 aromatic carbocycles. The first-order valence-corrected chi connectivity index (χ1v) is 11.8. The molecule has 0 spiro atoms. The molecule has 1 aliphatic rings. The molecule has 0 unspecified atom stereocenters. The number of aromatic nitrogens is 4. The van der Waals surface area contributed by atoms with Crippen molar-refractivity contribution in [2.45, 2.75) is 33.5 Å². The fourth-order valence-corrected chi connectivity index (χ4v) is 4.16. The summed E-state index contributed by atoms with van der Waals surface area (Å²) < 4.78 is 18.6. The number of nitrogens with one attached hydrogen (secondary N) is 1. The Morgan fingerprint density at radius 3 is 2.43 bits per heavy atom. The van der Waals surface area contributed by atoms with Gasteiger partial charge in [0.2, 0.25) is 12.7 Å². The zero-order valence-corrected chi connectivity index (χ0v) is 20.9. The molecule has 0 fully saturated rings. The number of fused-ring (bicyclic) bond motifs is 1. The summed E-state index contributed by atoms with van der Waals surface area (Å²) in [7, 11) is 1.60. The van der Waals surface area contributed by atoms with Gasteiger partial charge in [-0.2, -0.15) is 4.98 Å². The predicted octanol–water partition coefficient (Wildman–Crippen LogP) is 2.86. The summed E-state index contributed by atoms with van der Waals surface area (Å²) in [6.45, 7) is 4.69. The van der Waals surface area contributed by atoms with Crippen molar-refractivity contribution in [1.29, 1.82) is 0 Å². The number of hydrogen-bond donors (Lipinski definition) is 1. The van der Waals surface area contributed by atoms with Crippen LogP contribution in [0.25, 0.3) is 0 Å². The highest BCUT2D eigenvalue weighted by atomic mass is 16.7. The van der Waals surface area contributed by atoms with Gasteiger partial charge >= 0.3 is 11.4 Å². The van der Waals surface area contributed by atoms with Gasteiger partial charge in [-0.05, 0) is 66.4 Å². The second-order valence-electron chi connectivity index (χ2n) is 8.81. The summed E-state index contributed by atoms with van der Waals surface area (Å²) >= 11 is 0. The van der Waals surface area contributed by atoms with E-state index in [9.17, 15) is 9.59 Å². The predicted molar refractivity (Wildman–Crippen MR) is 138 cm³/mol. The molecule has 10 heteroatoms. The van der Waals surface area contributed by atoms with Crippen LogP contribution in [0, 0.1) is 13.8 Å². The quantitative estimate of drug-likeness (QED) is 0.393. The lowest BCUT2D eigenvalue weighted by Crippen LogP contribution is -2.43. The van der Waals surface area contributed by atoms with Gasteiger partial charge in [0.05, 0.1) is 20.2 Å². The Hall–Kier alpha value is -4.60. The number of benzene rings is 2. The Morgan fingerprint density at radius 1 is 0.946 bits per heavy atom. The van der Waals surface area contributed by atoms with Crippen molar-refractivity contribution in [2.24, 2.45) is 0 Å². The van der Waals surface area contributed by atoms with Gasteiger partial charge in [-0.25, -0.2) is 14.2 Å². The largest absolute Gasteiger partial charge is 0.497 e. The lowest BCUT2D eigenvalue weighted by Gasteiger charge is -2.16. The molecular formula is C27H27N5O5. The van der Waals surface area contributed by atoms with Crippen LogP contribution in [0.5, 0.6) is 17.2 Å². The Morgan fingerprint density at radius 2 is 1.68 bits per heavy atom. The second kappa shape index (κ2) is 10.2. The van der Waals surface area contributed by atoms with Gasteiger partial charge in [0.15, 0.2) is 11.5 Å². The van der Waals surface area contributed by atoms with E-state index in [-0.39, 0.29) is 25.8 Å². The lowest BCUT2D eigenvalue weighted by molar-refractivity contribution is 0.174. The third kappa shape index (κ3) is 5.18. The third-order valence-corrected chi connectivity index (χ3v) is 6.22. The van der Waals surface area contributed by atoms with Gasteiger partial charge in [0.25, 0.3) is 0 Å². The fourth-order valence-electron chi connectivity index (χ4n) is 4.16. The maximum absolute atomic E-state index is 13.7. The monoisotopic (exact) mass is 501 g/mol. The highest BCUT2D eigenvalue weighted by Gasteiger charge is 2.17. The summed E-state index contributed by atoms with van der Waals surface area (Å²) in [5.41, 5.74) is 3.38. The van der Waals surface area contributed by atoms with Crippen LogP contribution in [0.1, 0.15) is 27.9 Å². The molecule has 1 N–H and O–H groups in total. The number of ether oxygens (including phenoxy) is 3. The first-order chi connectivity index (χ1) is 17.9. The molecule has 190 valence electrons. The molecule has 1 aliphatic heterocycles. The number of aryl methyl sites for hydroxylation is 2. The maximum atomic E-state index is 13.7. The maximum Gasteiger partial charge on any atom is 0.355 e. The minimum Gasteiger partial charge on any atom is -0.497 e. The smallest absolute Gasteiger partial charge is 0.355 e. The van der Waals surface area contributed by atoms with Gasteiger partial charge in [-0.15, -0.1) is 0 Å². The van der Waals surface area contributed by atoms with Crippen LogP contribution in [0.15, 0.2) is 64.3 Å². The van der Waals surface area contributed by atoms with Gasteiger partial charge < -0.3 is 19.5 Å². The first-order valence-electron chi connectivity index (χ1n) is 11.8. The SMILES string of the molecule is COc1ccc(Cn2c(NCc3cnc(C)cc3C)nc(=O)n(Cc3ccc4c(c3)OCO4)c2=O)cc1. The first kappa shape index (κ1) is 24.1. The molecule has 0 amide bonds. The van der Waals surface area contributed by atoms with Crippen LogP contribution in [0.3, 0.4) is 0 Å². The number of methoxy groups -OCH3 is 1. The van der Waals surface area contributed by atoms with E-state index in [0.717, 1.165) is 32.5 Å². The van der Waals surface area contributed by atoms with E-state index in [1.54, 1.807) is 31.5 Å². The molecule has 10 nitrogen and oxygen atoms in total. The Bertz CT molecular complexity index is 1560. The third-order valence-electron chi connectivity index (χ3n) is 6.22. The van der Waals surface area contributed by atoms with Crippen LogP contribution < -0.4 is 30.9 Å². The molecule has 2 aromatic heterocycles. The highest BCUT2D eigenvalue weighted by Crippen LogP contribution is 2.32. The van der Waals surface area contributed by atoms with Gasteiger partial charge in [0, 0.05) is 18.4 Å². The number of pyridine rings is 1. The molecule has 0 saturated carbocycles. The van der Waals surface area contributed by atoms with Gasteiger partial charge in [-0.1, -0.05) is 18.2 Å². The summed E-state index contributed by atoms with van der Waals surface area (Å²) in [6.07, 6.45) is 1.78. The number of nitrogens with zero attached hydrogens (tertiary/aromatic N) is 4. The Kier molecular flexibility index (Phi) is 6.63. The van der Waals surface area contributed by atoms with Gasteiger partial charge in [0.1, 0.15) is 5.75 Å². The van der Waals surface area contributed by atoms with Crippen molar-refractivity contribution in [1.82, 2.24) is 19.1 Å². The van der Waals surface area contributed by atoms with Crippen LogP contribution >= 0.6 is 0 Å². The van der Waals surface area contributed by atoms with Crippen molar-refractivity contribution in [3.8, 4) is 17.2 Å². The average Bonchev–Trinajstić information content (AvgIpc) is 3.36. The van der Waals surface area contributed by atoms with E-state index in [1.807, 2.05) is 44.2 Å². The molecule has 0 aliphatic carbocycles. The topological polar surface area (TPSA) is 110 Å². The molecule has 37 heavy (non-hydrogen) atoms. The summed E-state index contributed by atoms with van der Waals surface area (Å²) in [5, 5.41) is 3.18. The van der Waals surface area contributed by atoms with Crippen LogP contribution in [-0.4, -0.2) is 33.0 Å². The Labute approximate surface area is 213 Å². The Balaban J connectivity index is 1.50. The molecule has 0 atom stereocenters. The van der Waals surface area contributed by atoms with E-state index >= 15 is 0 Å². The standard InChI is InChI=1S/C27H27N5O5/c1-17-10-18(2)28-12-21(17)13-29-25-30-26(33)32(15-20-6-9-23-24(11-20)37-16-36-23)27(34)31(25)14-19-4-7-22(35-3)8-5-19/h4-12H,13-16H2,1-3H3,(H,29,30,33). The van der Waals surface area contributed by atoms with E-state index in [0.29, 0.717) is 23.8 Å². The number of anilines is 1. The van der Waals surface area contributed by atoms with Crippen molar-refractivity contribution in [3.05, 3.63) is 104 Å². The van der Waals surface area contributed by atoms with E-state index in [1.165, 1.54) is 4.57 Å². The minimum absolute atomic E-state index is 0.0468. The van der Waals surface area contributed by atoms with Crippen LogP contribution in [0.4, 0.5) is 5.95 Å². The van der Waals surface area contributed by atoms with Crippen molar-refractivity contribution < 1.29 is 14.2 Å². The highest BCUT2D eigenvalue weighted by molar-refractivity contribution is 5.44. The molecule has 5 rings (SSSR count). The van der Waals surface area contributed by atoms with E-state index in [4.69, 9.17) is 14.2 Å². The lowest BCUT2D eigenvalue weighted by atomic mass is 10.1. The number of rotatable bonds is 8. The fraction of sp³-hybridized carbons (Fsp3) is 0.259. The van der Waals surface area contributed by atoms with Crippen molar-refractivity contribution in [3.63, 3.8) is 0 Å². The molecule has 0 saturated heterocycles. The zero-order chi connectivity index (χ0) is 25.9. The van der Waals surface area contributed by atoms with Crippen LogP contribution in [-0.2, 0) is 19.6 Å². The summed E-state index contributed by atoms with van der Waals surface area (Å²) in [4.78, 5) is 35.3. The average molecular weight is 502 g/mol. The van der Waals surface area contributed by atoms with Gasteiger partial charge in [-0.3, -0.25) is 9.55 Å². The minimum atomic E-state index is -0.644. The van der Waals surface area contributed by atoms with Crippen molar-refractivity contribution >= 4 is 5.95 Å². The summed E-state index contributed by atoms with van der Waals surface area (Å²) in [5.74, 6) is 2.11. The zero-order valence-electron chi connectivity index (χ0n) is 20.9. The molecule has 3 heterocycles. The van der Waals surface area contributed by atoms with E-state index in [2.05, 4.69) is 15.3 Å². The molecule has 4 aromatic rings. The van der Waals surface area contributed by atoms with Crippen LogP contribution in [0.2, 0.25) is 0 Å². The molecule has 0 radical (unpaired) electrons. The van der Waals surface area contributed by atoms with E-state index < -0.39 is 11.4 Å². The number of hydrogen-bond acceptors (Lipinski definition) is 8. The van der Waals surface area contributed by atoms with Crippen molar-refractivity contribution in [2.75, 3.05) is 19.2 Å². The molecular weight excluding hydrogens is 474 g/mol. The summed E-state index contributed by atoms with van der Waals surface area (Å²) in [6, 6.07) is 14.7. The second-order valence-corrected chi connectivity index (χ2v) is 8.81. The normalized spacial score (nSPS) is 12.0. The molecule has 0 bridgehead atoms.